The number of anilines is 2. The Morgan fingerprint density at radius 2 is 1.96 bits per heavy atom. The fraction of sp³-hybridized carbons (Fsp3) is 0.176. The first-order valence-corrected chi connectivity index (χ1v) is 11.3. The van der Waals surface area contributed by atoms with E-state index in [9.17, 15) is 13.2 Å². The lowest BCUT2D eigenvalue weighted by Gasteiger charge is -2.23. The third-order valence-corrected chi connectivity index (χ3v) is 6.37. The Hall–Kier alpha value is -2.23. The highest BCUT2D eigenvalue weighted by Gasteiger charge is 2.22. The minimum Gasteiger partial charge on any atom is -0.300 e. The maximum Gasteiger partial charge on any atom is 0.246 e. The molecule has 0 aliphatic carbocycles. The molecule has 2 aromatic heterocycles. The van der Waals surface area contributed by atoms with Crippen molar-refractivity contribution >= 4 is 49.4 Å². The molecule has 0 unspecified atom stereocenters. The summed E-state index contributed by atoms with van der Waals surface area (Å²) in [6, 6.07) is 10.9. The standard InChI is InChI=1S/C17H17N3O3S3/c1-12-6-3-4-7-14(12)20(26(2,22)23)10-16(21)19-17-18-13(11-25-17)15-8-5-9-24-15/h3-9,11H,10H2,1-2H3,(H,18,19,21). The van der Waals surface area contributed by atoms with Crippen LogP contribution in [0.25, 0.3) is 10.6 Å². The Bertz CT molecular complexity index is 1010. The summed E-state index contributed by atoms with van der Waals surface area (Å²) in [5, 5.41) is 6.94. The largest absolute Gasteiger partial charge is 0.300 e. The molecule has 0 aliphatic rings. The van der Waals surface area contributed by atoms with Crippen molar-refractivity contribution in [3.63, 3.8) is 0 Å². The van der Waals surface area contributed by atoms with Gasteiger partial charge in [0.1, 0.15) is 6.54 Å². The molecule has 26 heavy (non-hydrogen) atoms. The molecule has 0 atom stereocenters. The molecule has 1 amide bonds. The van der Waals surface area contributed by atoms with Crippen LogP contribution in [-0.2, 0) is 14.8 Å². The number of aryl methyl sites for hydroxylation is 1. The van der Waals surface area contributed by atoms with E-state index in [4.69, 9.17) is 0 Å². The van der Waals surface area contributed by atoms with E-state index >= 15 is 0 Å². The van der Waals surface area contributed by atoms with Crippen molar-refractivity contribution in [2.75, 3.05) is 22.4 Å². The van der Waals surface area contributed by atoms with Gasteiger partial charge in [0.05, 0.1) is 22.5 Å². The summed E-state index contributed by atoms with van der Waals surface area (Å²) in [5.41, 5.74) is 2.06. The van der Waals surface area contributed by atoms with Crippen molar-refractivity contribution in [2.45, 2.75) is 6.92 Å². The topological polar surface area (TPSA) is 79.4 Å². The van der Waals surface area contributed by atoms with Gasteiger partial charge in [-0.05, 0) is 30.0 Å². The molecule has 0 radical (unpaired) electrons. The van der Waals surface area contributed by atoms with Crippen LogP contribution in [0.3, 0.4) is 0 Å². The van der Waals surface area contributed by atoms with Gasteiger partial charge in [0.25, 0.3) is 0 Å². The first-order chi connectivity index (χ1) is 12.3. The second-order valence-electron chi connectivity index (χ2n) is 5.62. The first kappa shape index (κ1) is 18.6. The highest BCUT2D eigenvalue weighted by atomic mass is 32.2. The Labute approximate surface area is 160 Å². The summed E-state index contributed by atoms with van der Waals surface area (Å²) in [6.07, 6.45) is 1.09. The average Bonchev–Trinajstić information content (AvgIpc) is 3.23. The summed E-state index contributed by atoms with van der Waals surface area (Å²) >= 11 is 2.87. The van der Waals surface area contributed by atoms with Gasteiger partial charge in [-0.1, -0.05) is 24.3 Å². The molecule has 6 nitrogen and oxygen atoms in total. The molecule has 1 aromatic carbocycles. The van der Waals surface area contributed by atoms with Gasteiger partial charge in [0, 0.05) is 5.38 Å². The van der Waals surface area contributed by atoms with Crippen molar-refractivity contribution in [3.05, 3.63) is 52.7 Å². The minimum atomic E-state index is -3.60. The maximum absolute atomic E-state index is 12.4. The summed E-state index contributed by atoms with van der Waals surface area (Å²) in [4.78, 5) is 17.8. The van der Waals surface area contributed by atoms with E-state index in [-0.39, 0.29) is 6.54 Å². The Morgan fingerprint density at radius 1 is 1.19 bits per heavy atom. The number of para-hydroxylation sites is 1. The first-order valence-electron chi connectivity index (χ1n) is 7.67. The van der Waals surface area contributed by atoms with E-state index in [0.29, 0.717) is 10.8 Å². The Morgan fingerprint density at radius 3 is 2.62 bits per heavy atom. The van der Waals surface area contributed by atoms with E-state index < -0.39 is 15.9 Å². The van der Waals surface area contributed by atoms with Crippen molar-refractivity contribution in [3.8, 4) is 10.6 Å². The molecular weight excluding hydrogens is 390 g/mol. The molecule has 0 spiro atoms. The van der Waals surface area contributed by atoms with E-state index in [1.54, 1.807) is 36.5 Å². The highest BCUT2D eigenvalue weighted by Crippen LogP contribution is 2.28. The molecule has 1 N–H and O–H groups in total. The molecule has 0 aliphatic heterocycles. The van der Waals surface area contributed by atoms with E-state index in [0.717, 1.165) is 26.7 Å². The smallest absolute Gasteiger partial charge is 0.246 e. The average molecular weight is 408 g/mol. The number of benzene rings is 1. The van der Waals surface area contributed by atoms with Gasteiger partial charge >= 0.3 is 0 Å². The predicted molar refractivity (Wildman–Crippen MR) is 107 cm³/mol. The number of carbonyl (C=O) groups excluding carboxylic acids is 1. The summed E-state index contributed by atoms with van der Waals surface area (Å²) in [6.45, 7) is 1.50. The van der Waals surface area contributed by atoms with Crippen LogP contribution in [0, 0.1) is 6.92 Å². The maximum atomic E-state index is 12.4. The fourth-order valence-electron chi connectivity index (χ4n) is 2.38. The van der Waals surface area contributed by atoms with Gasteiger partial charge < -0.3 is 5.32 Å². The summed E-state index contributed by atoms with van der Waals surface area (Å²) < 4.78 is 25.4. The molecule has 0 saturated carbocycles. The Balaban J connectivity index is 1.76. The van der Waals surface area contributed by atoms with E-state index in [1.807, 2.05) is 29.0 Å². The molecule has 2 heterocycles. The molecule has 0 bridgehead atoms. The fourth-order valence-corrected chi connectivity index (χ4v) is 4.78. The Kier molecular flexibility index (Phi) is 5.40. The minimum absolute atomic E-state index is 0.308. The lowest BCUT2D eigenvalue weighted by atomic mass is 10.2. The molecule has 0 saturated heterocycles. The van der Waals surface area contributed by atoms with Crippen LogP contribution in [-0.4, -0.2) is 32.1 Å². The lowest BCUT2D eigenvalue weighted by Crippen LogP contribution is -2.37. The van der Waals surface area contributed by atoms with Gasteiger partial charge in [-0.3, -0.25) is 9.10 Å². The SMILES string of the molecule is Cc1ccccc1N(CC(=O)Nc1nc(-c2cccs2)cs1)S(C)(=O)=O. The van der Waals surface area contributed by atoms with Gasteiger partial charge in [-0.2, -0.15) is 0 Å². The van der Waals surface area contributed by atoms with E-state index in [1.165, 1.54) is 11.3 Å². The van der Waals surface area contributed by atoms with Crippen LogP contribution < -0.4 is 9.62 Å². The third kappa shape index (κ3) is 4.29. The van der Waals surface area contributed by atoms with Crippen LogP contribution in [0.15, 0.2) is 47.2 Å². The van der Waals surface area contributed by atoms with Crippen molar-refractivity contribution in [2.24, 2.45) is 0 Å². The number of nitrogens with one attached hydrogen (secondary N) is 1. The molecule has 136 valence electrons. The normalized spacial score (nSPS) is 11.3. The van der Waals surface area contributed by atoms with Crippen molar-refractivity contribution < 1.29 is 13.2 Å². The lowest BCUT2D eigenvalue weighted by molar-refractivity contribution is -0.114. The van der Waals surface area contributed by atoms with Crippen molar-refractivity contribution in [1.82, 2.24) is 4.98 Å². The zero-order valence-electron chi connectivity index (χ0n) is 14.2. The van der Waals surface area contributed by atoms with Crippen LogP contribution in [0.2, 0.25) is 0 Å². The van der Waals surface area contributed by atoms with Crippen LogP contribution in [0.1, 0.15) is 5.56 Å². The highest BCUT2D eigenvalue weighted by molar-refractivity contribution is 7.92. The molecule has 9 heteroatoms. The number of thiophene rings is 1. The second kappa shape index (κ2) is 7.56. The number of aromatic nitrogens is 1. The van der Waals surface area contributed by atoms with Crippen LogP contribution in [0.4, 0.5) is 10.8 Å². The van der Waals surface area contributed by atoms with E-state index in [2.05, 4.69) is 10.3 Å². The number of thiazole rings is 1. The number of nitrogens with zero attached hydrogens (tertiary/aromatic N) is 2. The number of amides is 1. The second-order valence-corrected chi connectivity index (χ2v) is 9.33. The summed E-state index contributed by atoms with van der Waals surface area (Å²) in [5.74, 6) is -0.439. The molecule has 3 aromatic rings. The molecule has 3 rings (SSSR count). The summed E-state index contributed by atoms with van der Waals surface area (Å²) in [7, 11) is -3.60. The zero-order chi connectivity index (χ0) is 18.7. The van der Waals surface area contributed by atoms with Gasteiger partial charge in [0.2, 0.25) is 15.9 Å². The van der Waals surface area contributed by atoms with Crippen LogP contribution >= 0.6 is 22.7 Å². The quantitative estimate of drug-likeness (QED) is 0.677. The molecular formula is C17H17N3O3S3. The number of hydrogen-bond donors (Lipinski definition) is 1. The number of carbonyl (C=O) groups is 1. The van der Waals surface area contributed by atoms with Gasteiger partial charge in [-0.25, -0.2) is 13.4 Å². The molecule has 0 fully saturated rings. The van der Waals surface area contributed by atoms with Crippen molar-refractivity contribution in [1.29, 1.82) is 0 Å². The number of rotatable bonds is 6. The zero-order valence-corrected chi connectivity index (χ0v) is 16.6. The monoisotopic (exact) mass is 407 g/mol. The van der Waals surface area contributed by atoms with Crippen LogP contribution in [0.5, 0.6) is 0 Å². The number of hydrogen-bond acceptors (Lipinski definition) is 6. The number of sulfonamides is 1. The van der Waals surface area contributed by atoms with Gasteiger partial charge in [-0.15, -0.1) is 22.7 Å². The predicted octanol–water partition coefficient (Wildman–Crippen LogP) is 3.58. The third-order valence-electron chi connectivity index (χ3n) is 3.60. The van der Waals surface area contributed by atoms with Gasteiger partial charge in [0.15, 0.2) is 5.13 Å².